The van der Waals surface area contributed by atoms with Gasteiger partial charge in [0.05, 0.1) is 11.3 Å². The topological polar surface area (TPSA) is 60.2 Å². The molecule has 4 nitrogen and oxygen atoms in total. The van der Waals surface area contributed by atoms with Gasteiger partial charge in [-0.15, -0.1) is 0 Å². The van der Waals surface area contributed by atoms with E-state index in [0.717, 1.165) is 5.69 Å². The van der Waals surface area contributed by atoms with Crippen molar-refractivity contribution in [2.45, 2.75) is 26.4 Å². The molecule has 0 unspecified atom stereocenters. The fourth-order valence-electron chi connectivity index (χ4n) is 1.49. The molecule has 94 valence electrons. The molecule has 0 aliphatic carbocycles. The van der Waals surface area contributed by atoms with Crippen LogP contribution >= 0.6 is 12.2 Å². The third-order valence-corrected chi connectivity index (χ3v) is 2.47. The highest BCUT2D eigenvalue weighted by Gasteiger charge is 2.18. The van der Waals surface area contributed by atoms with Gasteiger partial charge in [0.25, 0.3) is 0 Å². The third kappa shape index (κ3) is 4.28. The summed E-state index contributed by atoms with van der Waals surface area (Å²) in [5.74, 6) is 0. The van der Waals surface area contributed by atoms with Crippen molar-refractivity contribution in [3.63, 3.8) is 0 Å². The molecule has 17 heavy (non-hydrogen) atoms. The van der Waals surface area contributed by atoms with Crippen molar-refractivity contribution in [2.24, 2.45) is 5.73 Å². The summed E-state index contributed by atoms with van der Waals surface area (Å²) in [6, 6.07) is 3.75. The van der Waals surface area contributed by atoms with Crippen molar-refractivity contribution < 1.29 is 4.74 Å². The van der Waals surface area contributed by atoms with Crippen LogP contribution in [0.5, 0.6) is 0 Å². The Bertz CT molecular complexity index is 393. The van der Waals surface area contributed by atoms with Crippen molar-refractivity contribution in [3.8, 4) is 0 Å². The van der Waals surface area contributed by atoms with E-state index in [9.17, 15) is 0 Å². The van der Waals surface area contributed by atoms with E-state index in [0.29, 0.717) is 23.8 Å². The molecule has 0 amide bonds. The second-order valence-electron chi connectivity index (χ2n) is 4.31. The molecule has 0 saturated carbocycles. The van der Waals surface area contributed by atoms with Crippen molar-refractivity contribution in [1.82, 2.24) is 4.98 Å². The van der Waals surface area contributed by atoms with Gasteiger partial charge in [0, 0.05) is 19.3 Å². The molecule has 0 spiro atoms. The molecule has 0 radical (unpaired) electrons. The van der Waals surface area contributed by atoms with Crippen LogP contribution in [0.15, 0.2) is 18.3 Å². The molecule has 1 rings (SSSR count). The van der Waals surface area contributed by atoms with Crippen LogP contribution in [0.2, 0.25) is 0 Å². The number of thiocarbonyl (C=S) groups is 1. The monoisotopic (exact) mass is 253 g/mol. The highest BCUT2D eigenvalue weighted by Crippen LogP contribution is 2.15. The average Bonchev–Trinajstić information content (AvgIpc) is 2.27. The molecule has 5 heteroatoms. The minimum Gasteiger partial charge on any atom is -0.388 e. The zero-order valence-corrected chi connectivity index (χ0v) is 11.3. The molecule has 1 aromatic rings. The second-order valence-corrected chi connectivity index (χ2v) is 4.75. The smallest absolute Gasteiger partial charge is 0.124 e. The van der Waals surface area contributed by atoms with Crippen LogP contribution in [0.3, 0.4) is 0 Å². The normalized spacial score (nSPS) is 11.2. The number of rotatable bonds is 6. The molecule has 0 fully saturated rings. The standard InChI is InChI=1S/C12H19N3OS/c1-4-16-12(2,3)8-15-9-6-5-7-14-10(9)11(13)17/h5-7,15H,4,8H2,1-3H3,(H2,13,17). The lowest BCUT2D eigenvalue weighted by atomic mass is 10.1. The van der Waals surface area contributed by atoms with E-state index in [1.807, 2.05) is 32.9 Å². The highest BCUT2D eigenvalue weighted by atomic mass is 32.1. The van der Waals surface area contributed by atoms with Gasteiger partial charge in [0.2, 0.25) is 0 Å². The maximum Gasteiger partial charge on any atom is 0.124 e. The maximum atomic E-state index is 5.61. The molecule has 0 bridgehead atoms. The summed E-state index contributed by atoms with van der Waals surface area (Å²) in [6.45, 7) is 7.39. The molecular formula is C12H19N3OS. The van der Waals surface area contributed by atoms with Gasteiger partial charge in [0.15, 0.2) is 0 Å². The van der Waals surface area contributed by atoms with Crippen molar-refractivity contribution in [1.29, 1.82) is 0 Å². The largest absolute Gasteiger partial charge is 0.388 e. The van der Waals surface area contributed by atoms with Gasteiger partial charge in [-0.25, -0.2) is 0 Å². The number of hydrogen-bond acceptors (Lipinski definition) is 4. The number of aromatic nitrogens is 1. The van der Waals surface area contributed by atoms with Gasteiger partial charge >= 0.3 is 0 Å². The summed E-state index contributed by atoms with van der Waals surface area (Å²) >= 11 is 4.95. The van der Waals surface area contributed by atoms with Gasteiger partial charge in [-0.05, 0) is 32.9 Å². The molecule has 1 aromatic heterocycles. The first-order valence-electron chi connectivity index (χ1n) is 5.59. The Hall–Kier alpha value is -1.20. The summed E-state index contributed by atoms with van der Waals surface area (Å²) in [5, 5.41) is 3.26. The first-order chi connectivity index (χ1) is 7.96. The lowest BCUT2D eigenvalue weighted by Crippen LogP contribution is -2.34. The van der Waals surface area contributed by atoms with Crippen LogP contribution in [0.1, 0.15) is 26.5 Å². The number of hydrogen-bond donors (Lipinski definition) is 2. The summed E-state index contributed by atoms with van der Waals surface area (Å²) < 4.78 is 5.60. The van der Waals surface area contributed by atoms with E-state index < -0.39 is 0 Å². The third-order valence-electron chi connectivity index (χ3n) is 2.28. The molecule has 0 aliphatic heterocycles. The Labute approximate surface area is 108 Å². The van der Waals surface area contributed by atoms with Gasteiger partial charge < -0.3 is 15.8 Å². The zero-order chi connectivity index (χ0) is 12.9. The van der Waals surface area contributed by atoms with Gasteiger partial charge in [-0.3, -0.25) is 4.98 Å². The van der Waals surface area contributed by atoms with Crippen LogP contribution in [-0.2, 0) is 4.74 Å². The Morgan fingerprint density at radius 1 is 1.59 bits per heavy atom. The molecule has 1 heterocycles. The maximum absolute atomic E-state index is 5.61. The van der Waals surface area contributed by atoms with Crippen molar-refractivity contribution >= 4 is 22.9 Å². The highest BCUT2D eigenvalue weighted by molar-refractivity contribution is 7.80. The summed E-state index contributed by atoms with van der Waals surface area (Å²) in [5.41, 5.74) is 6.83. The van der Waals surface area contributed by atoms with E-state index in [-0.39, 0.29) is 5.60 Å². The van der Waals surface area contributed by atoms with E-state index in [1.54, 1.807) is 6.20 Å². The molecule has 3 N–H and O–H groups in total. The predicted octanol–water partition coefficient (Wildman–Crippen LogP) is 1.94. The first-order valence-corrected chi connectivity index (χ1v) is 6.00. The number of nitrogens with two attached hydrogens (primary N) is 1. The molecule has 0 aliphatic rings. The average molecular weight is 253 g/mol. The van der Waals surface area contributed by atoms with Crippen molar-refractivity contribution in [3.05, 3.63) is 24.0 Å². The molecule has 0 aromatic carbocycles. The molecular weight excluding hydrogens is 234 g/mol. The number of nitrogens with zero attached hydrogens (tertiary/aromatic N) is 1. The SMILES string of the molecule is CCOC(C)(C)CNc1cccnc1C(N)=S. The van der Waals surface area contributed by atoms with Crippen molar-refractivity contribution in [2.75, 3.05) is 18.5 Å². The zero-order valence-electron chi connectivity index (χ0n) is 10.5. The quantitative estimate of drug-likeness (QED) is 0.759. The van der Waals surface area contributed by atoms with Gasteiger partial charge in [0.1, 0.15) is 10.7 Å². The van der Waals surface area contributed by atoms with Crippen LogP contribution < -0.4 is 11.1 Å². The number of pyridine rings is 1. The van der Waals surface area contributed by atoms with Crippen LogP contribution in [-0.4, -0.2) is 28.7 Å². The first kappa shape index (κ1) is 13.9. The molecule has 0 saturated heterocycles. The number of anilines is 1. The van der Waals surface area contributed by atoms with E-state index in [1.165, 1.54) is 0 Å². The van der Waals surface area contributed by atoms with Gasteiger partial charge in [-0.1, -0.05) is 12.2 Å². The fraction of sp³-hybridized carbons (Fsp3) is 0.500. The lowest BCUT2D eigenvalue weighted by Gasteiger charge is -2.25. The number of nitrogens with one attached hydrogen (secondary N) is 1. The minimum absolute atomic E-state index is 0.238. The Morgan fingerprint density at radius 3 is 2.88 bits per heavy atom. The van der Waals surface area contributed by atoms with Crippen LogP contribution in [0.4, 0.5) is 5.69 Å². The number of ether oxygens (including phenoxy) is 1. The predicted molar refractivity (Wildman–Crippen MR) is 74.3 cm³/mol. The Morgan fingerprint density at radius 2 is 2.29 bits per heavy atom. The van der Waals surface area contributed by atoms with Crippen LogP contribution in [0.25, 0.3) is 0 Å². The lowest BCUT2D eigenvalue weighted by molar-refractivity contribution is 0.000694. The summed E-state index contributed by atoms with van der Waals surface area (Å²) in [4.78, 5) is 4.45. The fourth-order valence-corrected chi connectivity index (χ4v) is 1.66. The van der Waals surface area contributed by atoms with Gasteiger partial charge in [-0.2, -0.15) is 0 Å². The Balaban J connectivity index is 2.72. The Kier molecular flexibility index (Phi) is 4.84. The minimum atomic E-state index is -0.238. The summed E-state index contributed by atoms with van der Waals surface area (Å²) in [6.07, 6.45) is 1.67. The van der Waals surface area contributed by atoms with Crippen LogP contribution in [0, 0.1) is 0 Å². The van der Waals surface area contributed by atoms with E-state index >= 15 is 0 Å². The second kappa shape index (κ2) is 5.93. The summed E-state index contributed by atoms with van der Waals surface area (Å²) in [7, 11) is 0. The van der Waals surface area contributed by atoms with E-state index in [4.69, 9.17) is 22.7 Å². The van der Waals surface area contributed by atoms with E-state index in [2.05, 4.69) is 10.3 Å². The molecule has 0 atom stereocenters.